The summed E-state index contributed by atoms with van der Waals surface area (Å²) in [6, 6.07) is 55.6. The molecule has 492 valence electrons. The van der Waals surface area contributed by atoms with Crippen LogP contribution in [0.1, 0.15) is 109 Å². The standard InChI is InChI=1S/C26H30N4O2S.2C24H26N4O2S/c1-18-17-25(28-33(31,32)20-13-11-19(12-14-20)26(2,3)4)30(27-18)24-16-15-23(29(5)6)21-9-7-8-10-22(21)24;1-16-8-13-21-20(7-6-14-25-21)23(16)28-22(15-17(2)26-28)27-31(29,30)19-11-9-18(10-12-19)24(3,4)5;1-5-18-16-23(27-31(29,30)19-13-11-17(12-14-19)24(2,3)4)28(26-18)22-10-6-9-21-20(22)8-7-15-25-21/h7-17,28H,1-6H3;6-15,27H,1-5H3;6-16,27H,5H2,1-4H3. The number of hydrogen-bond donors (Lipinski definition) is 3. The average molecular weight is 1330 g/mol. The second kappa shape index (κ2) is 26.6. The second-order valence-corrected chi connectivity index (χ2v) is 31.8. The number of anilines is 4. The molecule has 18 nitrogen and oxygen atoms in total. The highest BCUT2D eigenvalue weighted by Crippen LogP contribution is 2.35. The Bertz CT molecular complexity index is 5050. The van der Waals surface area contributed by atoms with Crippen LogP contribution in [-0.2, 0) is 52.7 Å². The molecule has 0 amide bonds. The van der Waals surface area contributed by atoms with Crippen LogP contribution in [0.25, 0.3) is 49.6 Å². The van der Waals surface area contributed by atoms with Crippen LogP contribution in [0.15, 0.2) is 209 Å². The number of fused-ring (bicyclic) bond motifs is 3. The predicted molar refractivity (Wildman–Crippen MR) is 385 cm³/mol. The molecule has 12 aromatic rings. The summed E-state index contributed by atoms with van der Waals surface area (Å²) in [5.41, 5.74) is 11.4. The number of aryl methyl sites for hydroxylation is 4. The Morgan fingerprint density at radius 2 is 0.821 bits per heavy atom. The minimum atomic E-state index is -3.79. The van der Waals surface area contributed by atoms with Gasteiger partial charge in [0.1, 0.15) is 17.5 Å². The number of rotatable bonds is 14. The summed E-state index contributed by atoms with van der Waals surface area (Å²) in [5.74, 6) is 1.18. The topological polar surface area (TPSA) is 221 Å². The lowest BCUT2D eigenvalue weighted by molar-refractivity contribution is 0.587. The van der Waals surface area contributed by atoms with Crippen LogP contribution in [0.3, 0.4) is 0 Å². The maximum absolute atomic E-state index is 13.2. The lowest BCUT2D eigenvalue weighted by Crippen LogP contribution is -2.17. The highest BCUT2D eigenvalue weighted by atomic mass is 32.2. The van der Waals surface area contributed by atoms with Gasteiger partial charge in [0.05, 0.1) is 59.9 Å². The maximum atomic E-state index is 13.2. The number of pyridine rings is 2. The molecule has 3 N–H and O–H groups in total. The van der Waals surface area contributed by atoms with Gasteiger partial charge in [0.2, 0.25) is 0 Å². The van der Waals surface area contributed by atoms with Crippen molar-refractivity contribution in [2.45, 2.75) is 127 Å². The van der Waals surface area contributed by atoms with Crippen LogP contribution in [0.2, 0.25) is 0 Å². The van der Waals surface area contributed by atoms with E-state index in [9.17, 15) is 25.3 Å². The van der Waals surface area contributed by atoms with Gasteiger partial charge in [0.25, 0.3) is 30.1 Å². The highest BCUT2D eigenvalue weighted by molar-refractivity contribution is 7.93. The third kappa shape index (κ3) is 15.1. The number of aromatic nitrogens is 8. The molecular weight excluding hydrogens is 1250 g/mol. The number of hydrogen-bond acceptors (Lipinski definition) is 12. The summed E-state index contributed by atoms with van der Waals surface area (Å²) < 4.78 is 92.1. The number of nitrogens with zero attached hydrogens (tertiary/aromatic N) is 9. The summed E-state index contributed by atoms with van der Waals surface area (Å²) in [6.45, 7) is 26.5. The SMILES string of the molecule is CCc1cc(NS(=O)(=O)c2ccc(C(C)(C)C)cc2)n(-c2cccc3ncccc23)n1.Cc1cc(NS(=O)(=O)c2ccc(C(C)(C)C)cc2)n(-c2c(C)ccc3ncccc23)n1.Cc1cc(NS(=O)(=O)c2ccc(C(C)(C)C)cc2)n(-c2ccc(N(C)C)c3ccccc23)n1. The van der Waals surface area contributed by atoms with Crippen molar-refractivity contribution in [3.8, 4) is 17.1 Å². The fourth-order valence-electron chi connectivity index (χ4n) is 11.0. The molecule has 21 heteroatoms. The Labute approximate surface area is 558 Å². The smallest absolute Gasteiger partial charge is 0.263 e. The van der Waals surface area contributed by atoms with Crippen LogP contribution in [0.5, 0.6) is 0 Å². The second-order valence-electron chi connectivity index (χ2n) is 26.8. The zero-order chi connectivity index (χ0) is 68.6. The first kappa shape index (κ1) is 68.2. The van der Waals surface area contributed by atoms with E-state index in [1.54, 1.807) is 81.0 Å². The Hall–Kier alpha value is -9.70. The van der Waals surface area contributed by atoms with Gasteiger partial charge in [-0.1, -0.05) is 142 Å². The number of nitrogens with one attached hydrogen (secondary N) is 3. The van der Waals surface area contributed by atoms with Crippen LogP contribution < -0.4 is 19.1 Å². The van der Waals surface area contributed by atoms with Crippen molar-refractivity contribution in [1.82, 2.24) is 39.3 Å². The van der Waals surface area contributed by atoms with E-state index >= 15 is 0 Å². The van der Waals surface area contributed by atoms with Crippen molar-refractivity contribution in [3.05, 3.63) is 234 Å². The molecule has 0 atom stereocenters. The largest absolute Gasteiger partial charge is 0.377 e. The van der Waals surface area contributed by atoms with E-state index in [1.165, 1.54) is 0 Å². The molecular formula is C74H82N12O6S3. The summed E-state index contributed by atoms with van der Waals surface area (Å²) in [6.07, 6.45) is 4.16. The van der Waals surface area contributed by atoms with Crippen molar-refractivity contribution in [2.24, 2.45) is 0 Å². The quantitative estimate of drug-likeness (QED) is 0.0925. The lowest BCUT2D eigenvalue weighted by Gasteiger charge is -2.19. The molecule has 0 fully saturated rings. The first-order chi connectivity index (χ1) is 44.7. The van der Waals surface area contributed by atoms with Crippen molar-refractivity contribution in [2.75, 3.05) is 33.2 Å². The van der Waals surface area contributed by atoms with E-state index in [-0.39, 0.29) is 30.9 Å². The molecule has 0 bridgehead atoms. The normalized spacial score (nSPS) is 12.2. The lowest BCUT2D eigenvalue weighted by atomic mass is 9.87. The molecule has 0 spiro atoms. The van der Waals surface area contributed by atoms with E-state index < -0.39 is 30.1 Å². The molecule has 5 heterocycles. The van der Waals surface area contributed by atoms with Crippen LogP contribution >= 0.6 is 0 Å². The van der Waals surface area contributed by atoms with E-state index in [1.807, 2.05) is 163 Å². The van der Waals surface area contributed by atoms with Gasteiger partial charge in [-0.05, 0) is 157 Å². The Balaban J connectivity index is 0.000000155. The van der Waals surface area contributed by atoms with E-state index in [0.717, 1.165) is 89.0 Å². The van der Waals surface area contributed by atoms with Gasteiger partial charge in [-0.2, -0.15) is 15.3 Å². The molecule has 5 aromatic heterocycles. The zero-order valence-electron chi connectivity index (χ0n) is 56.4. The van der Waals surface area contributed by atoms with Crippen molar-refractivity contribution < 1.29 is 25.3 Å². The first-order valence-corrected chi connectivity index (χ1v) is 35.7. The van der Waals surface area contributed by atoms with E-state index in [4.69, 9.17) is 0 Å². The third-order valence-electron chi connectivity index (χ3n) is 16.2. The van der Waals surface area contributed by atoms with E-state index in [0.29, 0.717) is 29.6 Å². The number of benzene rings is 7. The van der Waals surface area contributed by atoms with Gasteiger partial charge in [-0.15, -0.1) is 0 Å². The minimum Gasteiger partial charge on any atom is -0.377 e. The maximum Gasteiger partial charge on any atom is 0.263 e. The van der Waals surface area contributed by atoms with Gasteiger partial charge in [-0.25, -0.2) is 39.3 Å². The van der Waals surface area contributed by atoms with Crippen molar-refractivity contribution in [1.29, 1.82) is 0 Å². The first-order valence-electron chi connectivity index (χ1n) is 31.2. The Morgan fingerprint density at radius 1 is 0.411 bits per heavy atom. The molecule has 7 aromatic carbocycles. The van der Waals surface area contributed by atoms with Crippen molar-refractivity contribution in [3.63, 3.8) is 0 Å². The molecule has 0 unspecified atom stereocenters. The average Bonchev–Trinajstić information content (AvgIpc) is 1.76. The summed E-state index contributed by atoms with van der Waals surface area (Å²) >= 11 is 0. The predicted octanol–water partition coefficient (Wildman–Crippen LogP) is 15.7. The number of sulfonamides is 3. The van der Waals surface area contributed by atoms with Gasteiger partial charge in [0.15, 0.2) is 0 Å². The highest BCUT2D eigenvalue weighted by Gasteiger charge is 2.26. The van der Waals surface area contributed by atoms with E-state index in [2.05, 4.69) is 113 Å². The molecule has 0 aliphatic heterocycles. The van der Waals surface area contributed by atoms with Gasteiger partial charge in [0, 0.05) is 71.9 Å². The van der Waals surface area contributed by atoms with Crippen molar-refractivity contribution >= 4 is 85.8 Å². The Kier molecular flexibility index (Phi) is 19.1. The summed E-state index contributed by atoms with van der Waals surface area (Å²) in [7, 11) is -7.34. The van der Waals surface area contributed by atoms with Gasteiger partial charge >= 0.3 is 0 Å². The zero-order valence-corrected chi connectivity index (χ0v) is 58.8. The fraction of sp³-hybridized carbons (Fsp3) is 0.257. The monoisotopic (exact) mass is 1330 g/mol. The van der Waals surface area contributed by atoms with Gasteiger partial charge in [-0.3, -0.25) is 24.1 Å². The third-order valence-corrected chi connectivity index (χ3v) is 20.3. The molecule has 95 heavy (non-hydrogen) atoms. The molecule has 12 rings (SSSR count). The molecule has 0 saturated carbocycles. The summed E-state index contributed by atoms with van der Waals surface area (Å²) in [5, 5.41) is 17.7. The molecule has 0 saturated heterocycles. The Morgan fingerprint density at radius 3 is 1.29 bits per heavy atom. The van der Waals surface area contributed by atoms with Crippen LogP contribution in [0, 0.1) is 20.8 Å². The van der Waals surface area contributed by atoms with Crippen LogP contribution in [-0.4, -0.2) is 78.7 Å². The van der Waals surface area contributed by atoms with Crippen LogP contribution in [0.4, 0.5) is 23.1 Å². The molecule has 0 aliphatic carbocycles. The molecule has 0 aliphatic rings. The molecule has 0 radical (unpaired) electrons. The fourth-order valence-corrected chi connectivity index (χ4v) is 14.1. The van der Waals surface area contributed by atoms with Gasteiger partial charge < -0.3 is 4.90 Å². The summed E-state index contributed by atoms with van der Waals surface area (Å²) in [4.78, 5) is 11.5. The minimum absolute atomic E-state index is 0.0488.